The lowest BCUT2D eigenvalue weighted by Crippen LogP contribution is -2.08. The van der Waals surface area contributed by atoms with E-state index in [1.54, 1.807) is 4.68 Å². The van der Waals surface area contributed by atoms with Gasteiger partial charge in [0.1, 0.15) is 12.4 Å². The molecule has 1 aromatic carbocycles. The number of hydrogen-bond donors (Lipinski definition) is 1. The molecule has 2 rings (SSSR count). The van der Waals surface area contributed by atoms with Crippen LogP contribution < -0.4 is 10.1 Å². The lowest BCUT2D eigenvalue weighted by atomic mass is 10.2. The zero-order valence-electron chi connectivity index (χ0n) is 11.3. The maximum absolute atomic E-state index is 5.69. The molecule has 1 heterocycles. The minimum Gasteiger partial charge on any atom is -0.486 e. The van der Waals surface area contributed by atoms with Crippen molar-refractivity contribution in [3.8, 4) is 5.75 Å². The van der Waals surface area contributed by atoms with E-state index >= 15 is 0 Å². The lowest BCUT2D eigenvalue weighted by Gasteiger charge is -2.07. The first kappa shape index (κ1) is 13.5. The van der Waals surface area contributed by atoms with Crippen molar-refractivity contribution in [3.05, 3.63) is 35.7 Å². The topological polar surface area (TPSA) is 64.9 Å². The second-order valence-electron chi connectivity index (χ2n) is 4.28. The van der Waals surface area contributed by atoms with Crippen LogP contribution in [0.1, 0.15) is 24.7 Å². The quantitative estimate of drug-likeness (QED) is 0.815. The van der Waals surface area contributed by atoms with Crippen molar-refractivity contribution in [2.75, 3.05) is 7.05 Å². The smallest absolute Gasteiger partial charge is 0.189 e. The monoisotopic (exact) mass is 261 g/mol. The van der Waals surface area contributed by atoms with Crippen LogP contribution in [-0.2, 0) is 19.7 Å². The molecular weight excluding hydrogens is 242 g/mol. The third-order valence-electron chi connectivity index (χ3n) is 2.71. The molecule has 0 spiro atoms. The molecule has 1 aromatic heterocycles. The SMILES string of the molecule is CCCn1nnnc1COc1ccc(CNC)cc1. The molecule has 0 saturated heterocycles. The number of rotatable bonds is 7. The van der Waals surface area contributed by atoms with E-state index < -0.39 is 0 Å². The Kier molecular flexibility index (Phi) is 4.85. The van der Waals surface area contributed by atoms with E-state index in [4.69, 9.17) is 4.74 Å². The summed E-state index contributed by atoms with van der Waals surface area (Å²) in [6, 6.07) is 8.00. The van der Waals surface area contributed by atoms with Crippen LogP contribution in [0.2, 0.25) is 0 Å². The number of aryl methyl sites for hydroxylation is 1. The average molecular weight is 261 g/mol. The van der Waals surface area contributed by atoms with Gasteiger partial charge in [0.2, 0.25) is 0 Å². The summed E-state index contributed by atoms with van der Waals surface area (Å²) < 4.78 is 7.46. The predicted octanol–water partition coefficient (Wildman–Crippen LogP) is 1.38. The second-order valence-corrected chi connectivity index (χ2v) is 4.28. The first-order chi connectivity index (χ1) is 9.33. The van der Waals surface area contributed by atoms with Gasteiger partial charge >= 0.3 is 0 Å². The molecule has 6 nitrogen and oxygen atoms in total. The highest BCUT2D eigenvalue weighted by Gasteiger charge is 2.05. The molecule has 102 valence electrons. The number of nitrogens with zero attached hydrogens (tertiary/aromatic N) is 4. The molecule has 2 aromatic rings. The molecule has 19 heavy (non-hydrogen) atoms. The van der Waals surface area contributed by atoms with Crippen LogP contribution in [0.4, 0.5) is 0 Å². The summed E-state index contributed by atoms with van der Waals surface area (Å²) in [7, 11) is 1.93. The second kappa shape index (κ2) is 6.84. The van der Waals surface area contributed by atoms with E-state index in [2.05, 4.69) is 27.8 Å². The number of benzene rings is 1. The fourth-order valence-corrected chi connectivity index (χ4v) is 1.77. The van der Waals surface area contributed by atoms with Crippen LogP contribution in [0.25, 0.3) is 0 Å². The van der Waals surface area contributed by atoms with Crippen LogP contribution in [0.5, 0.6) is 5.75 Å². The van der Waals surface area contributed by atoms with E-state index in [-0.39, 0.29) is 0 Å². The lowest BCUT2D eigenvalue weighted by molar-refractivity contribution is 0.286. The van der Waals surface area contributed by atoms with Crippen molar-refractivity contribution < 1.29 is 4.74 Å². The fraction of sp³-hybridized carbons (Fsp3) is 0.462. The number of ether oxygens (including phenoxy) is 1. The summed E-state index contributed by atoms with van der Waals surface area (Å²) in [5.41, 5.74) is 1.23. The van der Waals surface area contributed by atoms with Gasteiger partial charge in [0.05, 0.1) is 0 Å². The van der Waals surface area contributed by atoms with E-state index in [1.807, 2.05) is 31.3 Å². The van der Waals surface area contributed by atoms with Gasteiger partial charge in [0.25, 0.3) is 0 Å². The van der Waals surface area contributed by atoms with Crippen molar-refractivity contribution in [2.24, 2.45) is 0 Å². The summed E-state index contributed by atoms with van der Waals surface area (Å²) in [5.74, 6) is 1.58. The van der Waals surface area contributed by atoms with Gasteiger partial charge in [0, 0.05) is 13.1 Å². The number of tetrazole rings is 1. The molecule has 0 aliphatic rings. The molecule has 0 unspecified atom stereocenters. The molecule has 0 aliphatic heterocycles. The van der Waals surface area contributed by atoms with Gasteiger partial charge in [-0.25, -0.2) is 4.68 Å². The maximum atomic E-state index is 5.69. The predicted molar refractivity (Wildman–Crippen MR) is 71.6 cm³/mol. The first-order valence-corrected chi connectivity index (χ1v) is 6.45. The molecule has 0 saturated carbocycles. The molecule has 0 amide bonds. The third kappa shape index (κ3) is 3.75. The summed E-state index contributed by atoms with van der Waals surface area (Å²) in [6.45, 7) is 4.15. The van der Waals surface area contributed by atoms with Gasteiger partial charge in [-0.3, -0.25) is 0 Å². The van der Waals surface area contributed by atoms with Crippen LogP contribution in [-0.4, -0.2) is 27.3 Å². The van der Waals surface area contributed by atoms with E-state index in [1.165, 1.54) is 5.56 Å². The van der Waals surface area contributed by atoms with Gasteiger partial charge in [-0.1, -0.05) is 19.1 Å². The van der Waals surface area contributed by atoms with Crippen molar-refractivity contribution in [1.82, 2.24) is 25.5 Å². The Bertz CT molecular complexity index is 494. The highest BCUT2D eigenvalue weighted by atomic mass is 16.5. The zero-order chi connectivity index (χ0) is 13.5. The molecule has 0 fully saturated rings. The van der Waals surface area contributed by atoms with Crippen molar-refractivity contribution in [1.29, 1.82) is 0 Å². The minimum atomic E-state index is 0.387. The van der Waals surface area contributed by atoms with Gasteiger partial charge < -0.3 is 10.1 Å². The highest BCUT2D eigenvalue weighted by Crippen LogP contribution is 2.13. The molecule has 1 N–H and O–H groups in total. The normalized spacial score (nSPS) is 10.6. The maximum Gasteiger partial charge on any atom is 0.189 e. The van der Waals surface area contributed by atoms with Crippen LogP contribution in [0, 0.1) is 0 Å². The summed E-state index contributed by atoms with van der Waals surface area (Å²) >= 11 is 0. The van der Waals surface area contributed by atoms with Crippen molar-refractivity contribution in [3.63, 3.8) is 0 Å². The number of aromatic nitrogens is 4. The van der Waals surface area contributed by atoms with E-state index in [0.29, 0.717) is 6.61 Å². The molecule has 0 bridgehead atoms. The Morgan fingerprint density at radius 3 is 2.74 bits per heavy atom. The van der Waals surface area contributed by atoms with Crippen LogP contribution in [0.3, 0.4) is 0 Å². The van der Waals surface area contributed by atoms with Crippen molar-refractivity contribution >= 4 is 0 Å². The Labute approximate surface area is 112 Å². The number of hydrogen-bond acceptors (Lipinski definition) is 5. The molecular formula is C13H19N5O. The Morgan fingerprint density at radius 1 is 1.26 bits per heavy atom. The Hall–Kier alpha value is -1.95. The fourth-order valence-electron chi connectivity index (χ4n) is 1.77. The standard InChI is InChI=1S/C13H19N5O/c1-3-8-18-13(15-16-17-18)10-19-12-6-4-11(5-7-12)9-14-2/h4-7,14H,3,8-10H2,1-2H3. The summed E-state index contributed by atoms with van der Waals surface area (Å²) in [5, 5.41) is 14.7. The van der Waals surface area contributed by atoms with Gasteiger partial charge in [-0.05, 0) is 41.6 Å². The first-order valence-electron chi connectivity index (χ1n) is 6.45. The third-order valence-corrected chi connectivity index (χ3v) is 2.71. The average Bonchev–Trinajstić information content (AvgIpc) is 2.86. The highest BCUT2D eigenvalue weighted by molar-refractivity contribution is 5.27. The molecule has 0 radical (unpaired) electrons. The largest absolute Gasteiger partial charge is 0.486 e. The van der Waals surface area contributed by atoms with Gasteiger partial charge in [0.15, 0.2) is 5.82 Å². The zero-order valence-corrected chi connectivity index (χ0v) is 11.3. The van der Waals surface area contributed by atoms with Crippen LogP contribution >= 0.6 is 0 Å². The van der Waals surface area contributed by atoms with Gasteiger partial charge in [-0.2, -0.15) is 0 Å². The molecule has 6 heteroatoms. The Balaban J connectivity index is 1.92. The van der Waals surface area contributed by atoms with Crippen LogP contribution in [0.15, 0.2) is 24.3 Å². The summed E-state index contributed by atoms with van der Waals surface area (Å²) in [6.07, 6.45) is 0.997. The van der Waals surface area contributed by atoms with Gasteiger partial charge in [-0.15, -0.1) is 5.10 Å². The Morgan fingerprint density at radius 2 is 2.05 bits per heavy atom. The van der Waals surface area contributed by atoms with E-state index in [0.717, 1.165) is 31.1 Å². The summed E-state index contributed by atoms with van der Waals surface area (Å²) in [4.78, 5) is 0. The minimum absolute atomic E-state index is 0.387. The molecule has 0 atom stereocenters. The van der Waals surface area contributed by atoms with E-state index in [9.17, 15) is 0 Å². The number of nitrogens with one attached hydrogen (secondary N) is 1. The van der Waals surface area contributed by atoms with Crippen molar-refractivity contribution in [2.45, 2.75) is 33.0 Å². The molecule has 0 aliphatic carbocycles.